The molecule has 2 aromatic heterocycles. The van der Waals surface area contributed by atoms with E-state index >= 15 is 0 Å². The second-order valence-corrected chi connectivity index (χ2v) is 9.05. The van der Waals surface area contributed by atoms with E-state index in [1.165, 1.54) is 17.6 Å². The van der Waals surface area contributed by atoms with Crippen molar-refractivity contribution in [1.29, 1.82) is 0 Å². The Bertz CT molecular complexity index is 1720. The first-order chi connectivity index (χ1) is 17.8. The molecule has 0 saturated carbocycles. The number of nitrogens with one attached hydrogen (secondary N) is 2. The van der Waals surface area contributed by atoms with Crippen molar-refractivity contribution in [3.63, 3.8) is 0 Å². The van der Waals surface area contributed by atoms with Crippen LogP contribution in [0.25, 0.3) is 21.8 Å². The number of rotatable bonds is 6. The van der Waals surface area contributed by atoms with Crippen molar-refractivity contribution in [3.05, 3.63) is 111 Å². The van der Waals surface area contributed by atoms with Crippen LogP contribution in [0.5, 0.6) is 5.75 Å². The van der Waals surface area contributed by atoms with Crippen LogP contribution in [0, 0.1) is 11.6 Å². The zero-order valence-corrected chi connectivity index (χ0v) is 20.3. The molecule has 8 heteroatoms. The van der Waals surface area contributed by atoms with Crippen LogP contribution in [0.1, 0.15) is 35.2 Å². The number of hydrogen-bond acceptors (Lipinski definition) is 3. The van der Waals surface area contributed by atoms with E-state index in [-0.39, 0.29) is 17.2 Å². The summed E-state index contributed by atoms with van der Waals surface area (Å²) in [6.45, 7) is 1.76. The standard InChI is InChI=1S/C29H25F2N3O3/c1-16(35)32-14-13-19-18-7-3-5-9-23(18)33-27(19)25(17-11-12-21(30)22(31)15-17)26-28(36)20-8-4-6-10-24(20)34(2)29(26)37/h3-12,15,25,33,36H,13-14H2,1-2H3,(H,32,35). The zero-order chi connectivity index (χ0) is 26.3. The van der Waals surface area contributed by atoms with E-state index in [1.54, 1.807) is 31.3 Å². The third-order valence-corrected chi connectivity index (χ3v) is 6.76. The summed E-state index contributed by atoms with van der Waals surface area (Å²) in [5, 5.41) is 15.6. The Balaban J connectivity index is 1.84. The average Bonchev–Trinajstić information content (AvgIpc) is 3.25. The fourth-order valence-corrected chi connectivity index (χ4v) is 5.03. The molecule has 0 aliphatic rings. The molecule has 0 radical (unpaired) electrons. The van der Waals surface area contributed by atoms with Crippen molar-refractivity contribution in [3.8, 4) is 5.75 Å². The number of aromatic hydroxyl groups is 1. The first kappa shape index (κ1) is 24.2. The highest BCUT2D eigenvalue weighted by molar-refractivity contribution is 5.88. The van der Waals surface area contributed by atoms with E-state index in [4.69, 9.17) is 0 Å². The van der Waals surface area contributed by atoms with Gasteiger partial charge in [-0.2, -0.15) is 0 Å². The van der Waals surface area contributed by atoms with E-state index in [0.29, 0.717) is 35.1 Å². The number of benzene rings is 3. The van der Waals surface area contributed by atoms with E-state index in [9.17, 15) is 23.5 Å². The van der Waals surface area contributed by atoms with Gasteiger partial charge in [0.2, 0.25) is 5.91 Å². The van der Waals surface area contributed by atoms with Crippen molar-refractivity contribution in [2.75, 3.05) is 6.54 Å². The Morgan fingerprint density at radius 3 is 2.46 bits per heavy atom. The fraction of sp³-hybridized carbons (Fsp3) is 0.172. The van der Waals surface area contributed by atoms with Gasteiger partial charge in [0.25, 0.3) is 5.56 Å². The van der Waals surface area contributed by atoms with Crippen molar-refractivity contribution in [1.82, 2.24) is 14.9 Å². The molecule has 5 aromatic rings. The Morgan fingerprint density at radius 1 is 1.03 bits per heavy atom. The average molecular weight is 502 g/mol. The number of nitrogens with zero attached hydrogens (tertiary/aromatic N) is 1. The van der Waals surface area contributed by atoms with Crippen molar-refractivity contribution in [2.24, 2.45) is 7.05 Å². The van der Waals surface area contributed by atoms with Gasteiger partial charge in [-0.1, -0.05) is 36.4 Å². The molecule has 0 fully saturated rings. The van der Waals surface area contributed by atoms with Gasteiger partial charge in [0, 0.05) is 42.5 Å². The predicted molar refractivity (Wildman–Crippen MR) is 139 cm³/mol. The van der Waals surface area contributed by atoms with E-state index < -0.39 is 23.1 Å². The number of carbonyl (C=O) groups excluding carboxylic acids is 1. The number of pyridine rings is 1. The Hall–Kier alpha value is -4.46. The summed E-state index contributed by atoms with van der Waals surface area (Å²) in [4.78, 5) is 28.6. The Kier molecular flexibility index (Phi) is 6.25. The summed E-state index contributed by atoms with van der Waals surface area (Å²) in [7, 11) is 1.61. The largest absolute Gasteiger partial charge is 0.507 e. The number of aromatic nitrogens is 2. The molecule has 0 spiro atoms. The van der Waals surface area contributed by atoms with Gasteiger partial charge in [-0.05, 0) is 47.9 Å². The van der Waals surface area contributed by atoms with Gasteiger partial charge >= 0.3 is 0 Å². The lowest BCUT2D eigenvalue weighted by atomic mass is 9.85. The molecule has 1 atom stereocenters. The topological polar surface area (TPSA) is 87.1 Å². The van der Waals surface area contributed by atoms with Gasteiger partial charge in [-0.25, -0.2) is 8.78 Å². The molecule has 37 heavy (non-hydrogen) atoms. The molecule has 0 bridgehead atoms. The van der Waals surface area contributed by atoms with Crippen LogP contribution in [0.4, 0.5) is 8.78 Å². The molecule has 2 heterocycles. The number of aromatic amines is 1. The van der Waals surface area contributed by atoms with Crippen LogP contribution in [0.3, 0.4) is 0 Å². The summed E-state index contributed by atoms with van der Waals surface area (Å²) < 4.78 is 29.9. The highest BCUT2D eigenvalue weighted by Gasteiger charge is 2.30. The predicted octanol–water partition coefficient (Wildman–Crippen LogP) is 4.86. The van der Waals surface area contributed by atoms with E-state index in [2.05, 4.69) is 10.3 Å². The number of amides is 1. The van der Waals surface area contributed by atoms with Crippen molar-refractivity contribution < 1.29 is 18.7 Å². The number of para-hydroxylation sites is 2. The number of aryl methyl sites for hydroxylation is 1. The van der Waals surface area contributed by atoms with Crippen LogP contribution in [0.2, 0.25) is 0 Å². The van der Waals surface area contributed by atoms with Crippen molar-refractivity contribution >= 4 is 27.7 Å². The van der Waals surface area contributed by atoms with E-state index in [1.807, 2.05) is 24.3 Å². The lowest BCUT2D eigenvalue weighted by Crippen LogP contribution is -2.26. The smallest absolute Gasteiger partial charge is 0.258 e. The number of hydrogen-bond donors (Lipinski definition) is 3. The maximum Gasteiger partial charge on any atom is 0.258 e. The zero-order valence-electron chi connectivity index (χ0n) is 20.3. The molecule has 1 unspecified atom stereocenters. The molecule has 5 rings (SSSR count). The van der Waals surface area contributed by atoms with Gasteiger partial charge in [0.15, 0.2) is 11.6 Å². The number of halogens is 2. The number of fused-ring (bicyclic) bond motifs is 2. The summed E-state index contributed by atoms with van der Waals surface area (Å²) in [5.41, 5.74) is 2.56. The van der Waals surface area contributed by atoms with E-state index in [0.717, 1.165) is 28.6 Å². The summed E-state index contributed by atoms with van der Waals surface area (Å²) in [6, 6.07) is 18.0. The minimum Gasteiger partial charge on any atom is -0.507 e. The molecule has 188 valence electrons. The Labute approximate surface area is 211 Å². The minimum absolute atomic E-state index is 0.0412. The molecule has 0 aliphatic heterocycles. The molecule has 0 saturated heterocycles. The molecular formula is C29H25F2N3O3. The maximum atomic E-state index is 14.5. The fourth-order valence-electron chi connectivity index (χ4n) is 5.03. The van der Waals surface area contributed by atoms with Gasteiger partial charge in [-0.3, -0.25) is 9.59 Å². The summed E-state index contributed by atoms with van der Waals surface area (Å²) in [5.74, 6) is -3.42. The Morgan fingerprint density at radius 2 is 1.73 bits per heavy atom. The monoisotopic (exact) mass is 501 g/mol. The van der Waals surface area contributed by atoms with Crippen molar-refractivity contribution in [2.45, 2.75) is 19.3 Å². The van der Waals surface area contributed by atoms with Gasteiger partial charge < -0.3 is 20.0 Å². The molecule has 3 N–H and O–H groups in total. The molecular weight excluding hydrogens is 476 g/mol. The second kappa shape index (κ2) is 9.54. The molecule has 3 aromatic carbocycles. The lowest BCUT2D eigenvalue weighted by molar-refractivity contribution is -0.118. The van der Waals surface area contributed by atoms with Crippen LogP contribution in [-0.4, -0.2) is 27.1 Å². The second-order valence-electron chi connectivity index (χ2n) is 9.05. The first-order valence-corrected chi connectivity index (χ1v) is 11.9. The highest BCUT2D eigenvalue weighted by atomic mass is 19.2. The highest BCUT2D eigenvalue weighted by Crippen LogP contribution is 2.41. The molecule has 1 amide bonds. The lowest BCUT2D eigenvalue weighted by Gasteiger charge is -2.22. The quantitative estimate of drug-likeness (QED) is 0.311. The van der Waals surface area contributed by atoms with Crippen LogP contribution in [-0.2, 0) is 18.3 Å². The third-order valence-electron chi connectivity index (χ3n) is 6.76. The summed E-state index contributed by atoms with van der Waals surface area (Å²) >= 11 is 0. The summed E-state index contributed by atoms with van der Waals surface area (Å²) in [6.07, 6.45) is 0.410. The van der Waals surface area contributed by atoms with Gasteiger partial charge in [-0.15, -0.1) is 0 Å². The molecule has 6 nitrogen and oxygen atoms in total. The van der Waals surface area contributed by atoms with Gasteiger partial charge in [0.05, 0.1) is 17.0 Å². The molecule has 0 aliphatic carbocycles. The number of H-pyrrole nitrogens is 1. The number of carbonyl (C=O) groups is 1. The van der Waals surface area contributed by atoms with Crippen LogP contribution >= 0.6 is 0 Å². The minimum atomic E-state index is -1.06. The van der Waals surface area contributed by atoms with Gasteiger partial charge in [0.1, 0.15) is 5.75 Å². The maximum absolute atomic E-state index is 14.5. The van der Waals surface area contributed by atoms with Crippen LogP contribution in [0.15, 0.2) is 71.5 Å². The normalized spacial score (nSPS) is 12.2. The first-order valence-electron chi connectivity index (χ1n) is 11.9. The SMILES string of the molecule is CC(=O)NCCc1c(C(c2ccc(F)c(F)c2)c2c(O)c3ccccc3n(C)c2=O)[nH]c2ccccc12. The third kappa shape index (κ3) is 4.24. The van der Waals surface area contributed by atoms with Crippen LogP contribution < -0.4 is 10.9 Å².